The summed E-state index contributed by atoms with van der Waals surface area (Å²) in [5.41, 5.74) is -0.650. The average Bonchev–Trinajstić information content (AvgIpc) is 2.59. The van der Waals surface area contributed by atoms with E-state index in [1.165, 1.54) is 0 Å². The molecular formula is C12H23NO3. The fourth-order valence-corrected chi connectivity index (χ4v) is 2.48. The summed E-state index contributed by atoms with van der Waals surface area (Å²) in [7, 11) is 0. The summed E-state index contributed by atoms with van der Waals surface area (Å²) in [5, 5.41) is 18.5. The smallest absolute Gasteiger partial charge is 0.303 e. The van der Waals surface area contributed by atoms with E-state index in [0.29, 0.717) is 0 Å². The van der Waals surface area contributed by atoms with Gasteiger partial charge in [0.05, 0.1) is 5.60 Å². The minimum Gasteiger partial charge on any atom is -0.481 e. The summed E-state index contributed by atoms with van der Waals surface area (Å²) in [5.74, 6) is -0.722. The molecule has 0 bridgehead atoms. The van der Waals surface area contributed by atoms with Crippen LogP contribution in [0.1, 0.15) is 46.0 Å². The molecule has 0 aromatic carbocycles. The summed E-state index contributed by atoms with van der Waals surface area (Å²) < 4.78 is 0. The van der Waals surface area contributed by atoms with Crippen molar-refractivity contribution < 1.29 is 15.0 Å². The van der Waals surface area contributed by atoms with E-state index in [4.69, 9.17) is 5.11 Å². The number of aliphatic carboxylic acids is 1. The maximum Gasteiger partial charge on any atom is 0.303 e. The van der Waals surface area contributed by atoms with Gasteiger partial charge in [0.2, 0.25) is 0 Å². The van der Waals surface area contributed by atoms with Gasteiger partial charge in [0, 0.05) is 12.5 Å². The Labute approximate surface area is 97.3 Å². The molecule has 0 aliphatic carbocycles. The van der Waals surface area contributed by atoms with Gasteiger partial charge in [-0.3, -0.25) is 9.69 Å². The van der Waals surface area contributed by atoms with Crippen LogP contribution in [0.15, 0.2) is 0 Å². The van der Waals surface area contributed by atoms with Gasteiger partial charge in [-0.15, -0.1) is 0 Å². The highest BCUT2D eigenvalue weighted by atomic mass is 16.4. The van der Waals surface area contributed by atoms with Gasteiger partial charge in [0.25, 0.3) is 0 Å². The number of nitrogens with zero attached hydrogens (tertiary/aromatic N) is 1. The van der Waals surface area contributed by atoms with Crippen molar-refractivity contribution in [1.29, 1.82) is 0 Å². The third-order valence-corrected chi connectivity index (χ3v) is 3.27. The van der Waals surface area contributed by atoms with Gasteiger partial charge in [0.15, 0.2) is 0 Å². The SMILES string of the molecule is CC(C)(O)[C@H]1CCCN1CCCCC(=O)O. The van der Waals surface area contributed by atoms with E-state index in [1.807, 2.05) is 13.8 Å². The molecule has 4 heteroatoms. The van der Waals surface area contributed by atoms with Crippen molar-refractivity contribution in [2.45, 2.75) is 57.6 Å². The fraction of sp³-hybridized carbons (Fsp3) is 0.917. The largest absolute Gasteiger partial charge is 0.481 e. The second-order valence-corrected chi connectivity index (χ2v) is 5.20. The first-order valence-electron chi connectivity index (χ1n) is 6.09. The van der Waals surface area contributed by atoms with Crippen molar-refractivity contribution in [3.8, 4) is 0 Å². The normalized spacial score (nSPS) is 22.6. The lowest BCUT2D eigenvalue weighted by Gasteiger charge is -2.33. The third kappa shape index (κ3) is 4.10. The molecule has 1 heterocycles. The maximum atomic E-state index is 10.4. The first-order chi connectivity index (χ1) is 7.41. The zero-order chi connectivity index (χ0) is 12.2. The number of carbonyl (C=O) groups is 1. The van der Waals surface area contributed by atoms with Gasteiger partial charge in [-0.2, -0.15) is 0 Å². The van der Waals surface area contributed by atoms with Crippen LogP contribution in [0.3, 0.4) is 0 Å². The van der Waals surface area contributed by atoms with Crippen LogP contribution in [-0.4, -0.2) is 45.8 Å². The van der Waals surface area contributed by atoms with Crippen LogP contribution in [0.5, 0.6) is 0 Å². The van der Waals surface area contributed by atoms with E-state index in [2.05, 4.69) is 4.90 Å². The van der Waals surface area contributed by atoms with Crippen LogP contribution in [0.2, 0.25) is 0 Å². The van der Waals surface area contributed by atoms with E-state index in [1.54, 1.807) is 0 Å². The molecule has 94 valence electrons. The molecule has 1 rings (SSSR count). The van der Waals surface area contributed by atoms with E-state index >= 15 is 0 Å². The van der Waals surface area contributed by atoms with Crippen LogP contribution in [-0.2, 0) is 4.79 Å². The first-order valence-corrected chi connectivity index (χ1v) is 6.09. The summed E-state index contributed by atoms with van der Waals surface area (Å²) in [4.78, 5) is 12.7. The Kier molecular flexibility index (Phi) is 4.74. The van der Waals surface area contributed by atoms with Crippen molar-refractivity contribution in [2.75, 3.05) is 13.1 Å². The lowest BCUT2D eigenvalue weighted by molar-refractivity contribution is -0.137. The number of carboxylic acid groups (broad SMARTS) is 1. The standard InChI is InChI=1S/C12H23NO3/c1-12(2,16)10-6-5-9-13(10)8-4-3-7-11(14)15/h10,16H,3-9H2,1-2H3,(H,14,15)/t10-/m1/s1. The molecule has 0 saturated carbocycles. The lowest BCUT2D eigenvalue weighted by Crippen LogP contribution is -2.45. The van der Waals surface area contributed by atoms with Gasteiger partial charge >= 0.3 is 5.97 Å². The highest BCUT2D eigenvalue weighted by molar-refractivity contribution is 5.66. The number of unbranched alkanes of at least 4 members (excludes halogenated alkanes) is 1. The number of rotatable bonds is 6. The maximum absolute atomic E-state index is 10.4. The van der Waals surface area contributed by atoms with Crippen molar-refractivity contribution in [1.82, 2.24) is 4.90 Å². The Morgan fingerprint density at radius 2 is 2.12 bits per heavy atom. The third-order valence-electron chi connectivity index (χ3n) is 3.27. The van der Waals surface area contributed by atoms with E-state index < -0.39 is 11.6 Å². The summed E-state index contributed by atoms with van der Waals surface area (Å²) >= 11 is 0. The monoisotopic (exact) mass is 229 g/mol. The number of likely N-dealkylation sites (tertiary alicyclic amines) is 1. The predicted octanol–water partition coefficient (Wildman–Crippen LogP) is 1.48. The second-order valence-electron chi connectivity index (χ2n) is 5.20. The molecule has 0 radical (unpaired) electrons. The number of carboxylic acids is 1. The summed E-state index contributed by atoms with van der Waals surface area (Å²) in [6, 6.07) is 0.234. The molecule has 1 atom stereocenters. The minimum absolute atomic E-state index is 0.234. The number of hydrogen-bond acceptors (Lipinski definition) is 3. The summed E-state index contributed by atoms with van der Waals surface area (Å²) in [6.07, 6.45) is 4.06. The molecule has 2 N–H and O–H groups in total. The molecule has 0 aromatic rings. The van der Waals surface area contributed by atoms with Crippen LogP contribution in [0, 0.1) is 0 Å². The van der Waals surface area contributed by atoms with Crippen molar-refractivity contribution in [2.24, 2.45) is 0 Å². The van der Waals surface area contributed by atoms with Crippen LogP contribution in [0.4, 0.5) is 0 Å². The van der Waals surface area contributed by atoms with Crippen molar-refractivity contribution in [3.63, 3.8) is 0 Å². The molecule has 0 aromatic heterocycles. The van der Waals surface area contributed by atoms with Crippen LogP contribution in [0.25, 0.3) is 0 Å². The Morgan fingerprint density at radius 1 is 1.44 bits per heavy atom. The predicted molar refractivity (Wildman–Crippen MR) is 62.4 cm³/mol. The molecule has 1 saturated heterocycles. The Bertz CT molecular complexity index is 235. The Morgan fingerprint density at radius 3 is 2.69 bits per heavy atom. The lowest BCUT2D eigenvalue weighted by atomic mass is 9.96. The molecular weight excluding hydrogens is 206 g/mol. The molecule has 0 unspecified atom stereocenters. The number of hydrogen-bond donors (Lipinski definition) is 2. The van der Waals surface area contributed by atoms with E-state index in [0.717, 1.165) is 38.8 Å². The molecule has 0 spiro atoms. The van der Waals surface area contributed by atoms with Gasteiger partial charge in [-0.25, -0.2) is 0 Å². The zero-order valence-corrected chi connectivity index (χ0v) is 10.3. The van der Waals surface area contributed by atoms with E-state index in [9.17, 15) is 9.90 Å². The zero-order valence-electron chi connectivity index (χ0n) is 10.3. The van der Waals surface area contributed by atoms with Crippen molar-refractivity contribution in [3.05, 3.63) is 0 Å². The molecule has 1 aliphatic heterocycles. The van der Waals surface area contributed by atoms with E-state index in [-0.39, 0.29) is 12.5 Å². The highest BCUT2D eigenvalue weighted by Gasteiger charge is 2.35. The molecule has 1 fully saturated rings. The second kappa shape index (κ2) is 5.64. The quantitative estimate of drug-likeness (QED) is 0.677. The fourth-order valence-electron chi connectivity index (χ4n) is 2.48. The highest BCUT2D eigenvalue weighted by Crippen LogP contribution is 2.26. The topological polar surface area (TPSA) is 60.8 Å². The number of aliphatic hydroxyl groups is 1. The van der Waals surface area contributed by atoms with Gasteiger partial charge in [-0.1, -0.05) is 0 Å². The van der Waals surface area contributed by atoms with Gasteiger partial charge < -0.3 is 10.2 Å². The summed E-state index contributed by atoms with van der Waals surface area (Å²) in [6.45, 7) is 5.64. The van der Waals surface area contributed by atoms with Crippen LogP contribution >= 0.6 is 0 Å². The first kappa shape index (κ1) is 13.5. The Hall–Kier alpha value is -0.610. The average molecular weight is 229 g/mol. The molecule has 1 aliphatic rings. The minimum atomic E-state index is -0.722. The van der Waals surface area contributed by atoms with Crippen molar-refractivity contribution >= 4 is 5.97 Å². The molecule has 16 heavy (non-hydrogen) atoms. The molecule has 4 nitrogen and oxygen atoms in total. The van der Waals surface area contributed by atoms with Gasteiger partial charge in [-0.05, 0) is 52.6 Å². The van der Waals surface area contributed by atoms with Gasteiger partial charge in [0.1, 0.15) is 0 Å². The van der Waals surface area contributed by atoms with Crippen LogP contribution < -0.4 is 0 Å². The molecule has 0 amide bonds. The Balaban J connectivity index is 2.28.